The van der Waals surface area contributed by atoms with Crippen LogP contribution >= 0.6 is 0 Å². The molecule has 92 valence electrons. The highest BCUT2D eigenvalue weighted by Crippen LogP contribution is 2.30. The maximum atomic E-state index is 11.6. The molecule has 0 aromatic carbocycles. The normalized spacial score (nSPS) is 17.9. The second-order valence-corrected chi connectivity index (χ2v) is 5.84. The van der Waals surface area contributed by atoms with Crippen molar-refractivity contribution in [1.29, 1.82) is 0 Å². The molecule has 0 saturated heterocycles. The molecular weight excluding hydrogens is 206 g/mol. The minimum atomic E-state index is -0.856. The first-order chi connectivity index (χ1) is 7.28. The van der Waals surface area contributed by atoms with Gasteiger partial charge in [-0.1, -0.05) is 20.8 Å². The van der Waals surface area contributed by atoms with Gasteiger partial charge < -0.3 is 10.4 Å². The van der Waals surface area contributed by atoms with Crippen LogP contribution < -0.4 is 5.32 Å². The smallest absolute Gasteiger partial charge is 0.305 e. The zero-order valence-corrected chi connectivity index (χ0v) is 10.2. The highest BCUT2D eigenvalue weighted by Gasteiger charge is 2.32. The predicted molar refractivity (Wildman–Crippen MR) is 61.0 cm³/mol. The van der Waals surface area contributed by atoms with E-state index in [1.165, 1.54) is 0 Å². The van der Waals surface area contributed by atoms with Gasteiger partial charge in [0.2, 0.25) is 5.91 Å². The standard InChI is InChI=1S/C12H21NO3/c1-12(2,3)7-9(6-10(14)15)13-11(16)8-4-5-8/h8-9H,4-7H2,1-3H3,(H,13,16)(H,14,15). The minimum absolute atomic E-state index is 0.00965. The number of carboxylic acids is 1. The molecule has 0 aromatic heterocycles. The van der Waals surface area contributed by atoms with Crippen molar-refractivity contribution in [2.75, 3.05) is 0 Å². The molecule has 16 heavy (non-hydrogen) atoms. The van der Waals surface area contributed by atoms with Crippen molar-refractivity contribution in [2.45, 2.75) is 52.5 Å². The average molecular weight is 227 g/mol. The number of aliphatic carboxylic acids is 1. The summed E-state index contributed by atoms with van der Waals surface area (Å²) < 4.78 is 0. The molecule has 4 nitrogen and oxygen atoms in total. The number of rotatable bonds is 5. The van der Waals surface area contributed by atoms with Crippen molar-refractivity contribution in [3.05, 3.63) is 0 Å². The Balaban J connectivity index is 2.48. The molecule has 0 aromatic rings. The Morgan fingerprint density at radius 2 is 1.94 bits per heavy atom. The molecule has 0 radical (unpaired) electrons. The minimum Gasteiger partial charge on any atom is -0.481 e. The SMILES string of the molecule is CC(C)(C)CC(CC(=O)O)NC(=O)C1CC1. The Labute approximate surface area is 96.4 Å². The quantitative estimate of drug-likeness (QED) is 0.752. The van der Waals surface area contributed by atoms with Crippen molar-refractivity contribution in [1.82, 2.24) is 5.32 Å². The molecule has 0 bridgehead atoms. The third-order valence-corrected chi connectivity index (χ3v) is 2.57. The molecule has 2 N–H and O–H groups in total. The van der Waals surface area contributed by atoms with Crippen molar-refractivity contribution in [2.24, 2.45) is 11.3 Å². The first-order valence-electron chi connectivity index (χ1n) is 5.80. The maximum absolute atomic E-state index is 11.6. The van der Waals surface area contributed by atoms with E-state index in [1.54, 1.807) is 0 Å². The number of nitrogens with one attached hydrogen (secondary N) is 1. The van der Waals surface area contributed by atoms with Crippen LogP contribution in [0.2, 0.25) is 0 Å². The summed E-state index contributed by atoms with van der Waals surface area (Å²) in [5.74, 6) is -0.697. The van der Waals surface area contributed by atoms with Crippen molar-refractivity contribution in [3.63, 3.8) is 0 Å². The van der Waals surface area contributed by atoms with Crippen LogP contribution in [0.15, 0.2) is 0 Å². The van der Waals surface area contributed by atoms with Crippen LogP contribution in [0.25, 0.3) is 0 Å². The van der Waals surface area contributed by atoms with Crippen LogP contribution in [-0.2, 0) is 9.59 Å². The molecule has 1 aliphatic rings. The fourth-order valence-electron chi connectivity index (χ4n) is 1.79. The second kappa shape index (κ2) is 4.85. The number of carbonyl (C=O) groups excluding carboxylic acids is 1. The summed E-state index contributed by atoms with van der Waals surface area (Å²) in [6.45, 7) is 6.14. The summed E-state index contributed by atoms with van der Waals surface area (Å²) in [7, 11) is 0. The van der Waals surface area contributed by atoms with Crippen LogP contribution in [0.5, 0.6) is 0 Å². The fourth-order valence-corrected chi connectivity index (χ4v) is 1.79. The Kier molecular flexibility index (Phi) is 3.94. The lowest BCUT2D eigenvalue weighted by Crippen LogP contribution is -2.39. The summed E-state index contributed by atoms with van der Waals surface area (Å²) in [4.78, 5) is 22.3. The van der Waals surface area contributed by atoms with Gasteiger partial charge in [-0.15, -0.1) is 0 Å². The van der Waals surface area contributed by atoms with Crippen LogP contribution in [0.3, 0.4) is 0 Å². The number of hydrogen-bond acceptors (Lipinski definition) is 2. The van der Waals surface area contributed by atoms with Gasteiger partial charge >= 0.3 is 5.97 Å². The van der Waals surface area contributed by atoms with Gasteiger partial charge in [-0.3, -0.25) is 9.59 Å². The van der Waals surface area contributed by atoms with Gasteiger partial charge in [0, 0.05) is 12.0 Å². The van der Waals surface area contributed by atoms with E-state index >= 15 is 0 Å². The third kappa shape index (κ3) is 5.14. The topological polar surface area (TPSA) is 66.4 Å². The molecule has 4 heteroatoms. The lowest BCUT2D eigenvalue weighted by atomic mass is 9.87. The predicted octanol–water partition coefficient (Wildman–Crippen LogP) is 1.79. The Morgan fingerprint density at radius 1 is 1.38 bits per heavy atom. The van der Waals surface area contributed by atoms with Crippen molar-refractivity contribution < 1.29 is 14.7 Å². The van der Waals surface area contributed by atoms with Gasteiger partial charge in [-0.25, -0.2) is 0 Å². The van der Waals surface area contributed by atoms with E-state index < -0.39 is 5.97 Å². The van der Waals surface area contributed by atoms with E-state index in [9.17, 15) is 9.59 Å². The molecular formula is C12H21NO3. The zero-order chi connectivity index (χ0) is 12.3. The van der Waals surface area contributed by atoms with Crippen LogP contribution in [0.4, 0.5) is 0 Å². The van der Waals surface area contributed by atoms with E-state index in [2.05, 4.69) is 5.32 Å². The van der Waals surface area contributed by atoms with Crippen LogP contribution in [-0.4, -0.2) is 23.0 Å². The number of carbonyl (C=O) groups is 2. The zero-order valence-electron chi connectivity index (χ0n) is 10.2. The van der Waals surface area contributed by atoms with Crippen LogP contribution in [0.1, 0.15) is 46.5 Å². The Bertz CT molecular complexity index is 276. The largest absolute Gasteiger partial charge is 0.481 e. The maximum Gasteiger partial charge on any atom is 0.305 e. The molecule has 1 saturated carbocycles. The summed E-state index contributed by atoms with van der Waals surface area (Å²) in [6.07, 6.45) is 2.59. The van der Waals surface area contributed by atoms with E-state index in [4.69, 9.17) is 5.11 Å². The Morgan fingerprint density at radius 3 is 2.31 bits per heavy atom. The van der Waals surface area contributed by atoms with Gasteiger partial charge in [-0.05, 0) is 24.7 Å². The first-order valence-corrected chi connectivity index (χ1v) is 5.80. The van der Waals surface area contributed by atoms with Gasteiger partial charge in [0.05, 0.1) is 6.42 Å². The van der Waals surface area contributed by atoms with Gasteiger partial charge in [0.25, 0.3) is 0 Å². The van der Waals surface area contributed by atoms with E-state index in [-0.39, 0.29) is 29.7 Å². The van der Waals surface area contributed by atoms with Gasteiger partial charge in [-0.2, -0.15) is 0 Å². The van der Waals surface area contributed by atoms with Gasteiger partial charge in [0.1, 0.15) is 0 Å². The lowest BCUT2D eigenvalue weighted by molar-refractivity contribution is -0.138. The molecule has 1 amide bonds. The van der Waals surface area contributed by atoms with Gasteiger partial charge in [0.15, 0.2) is 0 Å². The van der Waals surface area contributed by atoms with Crippen LogP contribution in [0, 0.1) is 11.3 Å². The van der Waals surface area contributed by atoms with E-state index in [1.807, 2.05) is 20.8 Å². The molecule has 0 aliphatic heterocycles. The van der Waals surface area contributed by atoms with E-state index in [0.717, 1.165) is 12.8 Å². The van der Waals surface area contributed by atoms with Crippen molar-refractivity contribution >= 4 is 11.9 Å². The molecule has 1 aliphatic carbocycles. The lowest BCUT2D eigenvalue weighted by Gasteiger charge is -2.25. The number of amides is 1. The number of hydrogen-bond donors (Lipinski definition) is 2. The molecule has 0 spiro atoms. The summed E-state index contributed by atoms with van der Waals surface area (Å²) >= 11 is 0. The monoisotopic (exact) mass is 227 g/mol. The number of carboxylic acid groups (broad SMARTS) is 1. The highest BCUT2D eigenvalue weighted by molar-refractivity contribution is 5.81. The second-order valence-electron chi connectivity index (χ2n) is 5.84. The molecule has 1 atom stereocenters. The fraction of sp³-hybridized carbons (Fsp3) is 0.833. The molecule has 1 rings (SSSR count). The average Bonchev–Trinajstić information content (AvgIpc) is 2.79. The highest BCUT2D eigenvalue weighted by atomic mass is 16.4. The molecule has 1 fully saturated rings. The molecule has 1 unspecified atom stereocenters. The molecule has 0 heterocycles. The third-order valence-electron chi connectivity index (χ3n) is 2.57. The Hall–Kier alpha value is -1.06. The first kappa shape index (κ1) is 13.0. The van der Waals surface area contributed by atoms with Crippen molar-refractivity contribution in [3.8, 4) is 0 Å². The summed E-state index contributed by atoms with van der Waals surface area (Å²) in [5, 5.41) is 11.6. The summed E-state index contributed by atoms with van der Waals surface area (Å²) in [5.41, 5.74) is 0.0247. The summed E-state index contributed by atoms with van der Waals surface area (Å²) in [6, 6.07) is -0.245. The van der Waals surface area contributed by atoms with E-state index in [0.29, 0.717) is 6.42 Å².